The molecule has 0 aromatic heterocycles. The standard InChI is InChI=1S/C16H15ClF3NO4/c1-15(8-2-3-8)13(23)12(14(24)21-15)11-7(6-22)4-9(5-10(11)17)25-16(18,19)20/h4-5,8,12,22H,2-3,6H2,1H3,(H,21,24). The molecule has 1 saturated carbocycles. The molecule has 2 aliphatic rings. The van der Waals surface area contributed by atoms with Crippen molar-refractivity contribution in [2.45, 2.75) is 44.2 Å². The number of nitrogens with one attached hydrogen (secondary N) is 1. The average Bonchev–Trinajstić information content (AvgIpc) is 3.29. The normalized spacial score (nSPS) is 26.7. The van der Waals surface area contributed by atoms with Gasteiger partial charge in [-0.3, -0.25) is 9.59 Å². The highest BCUT2D eigenvalue weighted by Gasteiger charge is 2.57. The Hall–Kier alpha value is -1.80. The largest absolute Gasteiger partial charge is 0.573 e. The Labute approximate surface area is 146 Å². The van der Waals surface area contributed by atoms with Crippen LogP contribution < -0.4 is 10.1 Å². The number of ketones is 1. The van der Waals surface area contributed by atoms with Crippen molar-refractivity contribution in [3.05, 3.63) is 28.3 Å². The molecule has 0 spiro atoms. The Kier molecular flexibility index (Phi) is 4.23. The summed E-state index contributed by atoms with van der Waals surface area (Å²) in [5.74, 6) is -2.80. The zero-order chi connectivity index (χ0) is 18.6. The molecule has 0 bridgehead atoms. The molecule has 9 heteroatoms. The summed E-state index contributed by atoms with van der Waals surface area (Å²) in [5.41, 5.74) is -1.05. The molecule has 1 amide bonds. The van der Waals surface area contributed by atoms with Crippen molar-refractivity contribution in [2.24, 2.45) is 5.92 Å². The Morgan fingerprint density at radius 3 is 2.52 bits per heavy atom. The quantitative estimate of drug-likeness (QED) is 0.791. The second kappa shape index (κ2) is 5.88. The van der Waals surface area contributed by atoms with E-state index in [2.05, 4.69) is 10.1 Å². The molecule has 25 heavy (non-hydrogen) atoms. The number of hydrogen-bond acceptors (Lipinski definition) is 4. The summed E-state index contributed by atoms with van der Waals surface area (Å²) in [5, 5.41) is 12.0. The molecule has 1 aromatic rings. The number of aliphatic hydroxyl groups is 1. The first-order valence-electron chi connectivity index (χ1n) is 7.62. The minimum Gasteiger partial charge on any atom is -0.406 e. The number of ether oxygens (including phenoxy) is 1. The van der Waals surface area contributed by atoms with Crippen LogP contribution in [0.15, 0.2) is 12.1 Å². The topological polar surface area (TPSA) is 75.6 Å². The van der Waals surface area contributed by atoms with Gasteiger partial charge in [-0.25, -0.2) is 0 Å². The van der Waals surface area contributed by atoms with Crippen LogP contribution in [0.25, 0.3) is 0 Å². The number of aliphatic hydroxyl groups excluding tert-OH is 1. The van der Waals surface area contributed by atoms with Crippen LogP contribution in [0.5, 0.6) is 5.75 Å². The SMILES string of the molecule is CC1(C2CC2)NC(=O)C(c2c(Cl)cc(OC(F)(F)F)cc2CO)C1=O. The van der Waals surface area contributed by atoms with Crippen LogP contribution in [-0.2, 0) is 16.2 Å². The van der Waals surface area contributed by atoms with Crippen molar-refractivity contribution in [2.75, 3.05) is 0 Å². The highest BCUT2D eigenvalue weighted by atomic mass is 35.5. The molecular weight excluding hydrogens is 363 g/mol. The van der Waals surface area contributed by atoms with E-state index >= 15 is 0 Å². The predicted octanol–water partition coefficient (Wildman–Crippen LogP) is 2.68. The van der Waals surface area contributed by atoms with Gasteiger partial charge in [0.2, 0.25) is 5.91 Å². The van der Waals surface area contributed by atoms with Crippen LogP contribution in [0.1, 0.15) is 36.8 Å². The third-order valence-corrected chi connectivity index (χ3v) is 5.01. The average molecular weight is 378 g/mol. The van der Waals surface area contributed by atoms with Gasteiger partial charge in [0, 0.05) is 5.02 Å². The Morgan fingerprint density at radius 2 is 2.00 bits per heavy atom. The number of amides is 1. The maximum absolute atomic E-state index is 12.8. The number of benzene rings is 1. The van der Waals surface area contributed by atoms with E-state index < -0.39 is 36.1 Å². The smallest absolute Gasteiger partial charge is 0.406 e. The lowest BCUT2D eigenvalue weighted by Gasteiger charge is -2.22. The molecule has 2 atom stereocenters. The number of rotatable bonds is 4. The van der Waals surface area contributed by atoms with Gasteiger partial charge in [-0.05, 0) is 48.9 Å². The van der Waals surface area contributed by atoms with Gasteiger partial charge in [0.15, 0.2) is 5.78 Å². The number of carbonyl (C=O) groups is 2. The minimum absolute atomic E-state index is 0.0190. The summed E-state index contributed by atoms with van der Waals surface area (Å²) >= 11 is 6.05. The van der Waals surface area contributed by atoms with Crippen LogP contribution in [0.2, 0.25) is 5.02 Å². The molecular formula is C16H15ClF3NO4. The Balaban J connectivity index is 2.02. The molecule has 1 saturated heterocycles. The van der Waals surface area contributed by atoms with Crippen molar-refractivity contribution in [3.63, 3.8) is 0 Å². The van der Waals surface area contributed by atoms with Crippen molar-refractivity contribution in [1.82, 2.24) is 5.32 Å². The predicted molar refractivity (Wildman–Crippen MR) is 81.1 cm³/mol. The molecule has 1 heterocycles. The zero-order valence-electron chi connectivity index (χ0n) is 13.1. The van der Waals surface area contributed by atoms with E-state index in [1.54, 1.807) is 6.92 Å². The van der Waals surface area contributed by atoms with Crippen LogP contribution >= 0.6 is 11.6 Å². The maximum atomic E-state index is 12.8. The fraction of sp³-hybridized carbons (Fsp3) is 0.500. The fourth-order valence-electron chi connectivity index (χ4n) is 3.33. The molecule has 5 nitrogen and oxygen atoms in total. The van der Waals surface area contributed by atoms with Gasteiger partial charge in [0.05, 0.1) is 12.1 Å². The molecule has 3 rings (SSSR count). The monoisotopic (exact) mass is 377 g/mol. The van der Waals surface area contributed by atoms with Crippen molar-refractivity contribution in [1.29, 1.82) is 0 Å². The Morgan fingerprint density at radius 1 is 1.36 bits per heavy atom. The fourth-order valence-corrected chi connectivity index (χ4v) is 3.67. The van der Waals surface area contributed by atoms with Gasteiger partial charge >= 0.3 is 6.36 Å². The van der Waals surface area contributed by atoms with Crippen molar-refractivity contribution < 1.29 is 32.6 Å². The first-order chi connectivity index (χ1) is 11.6. The molecule has 1 aromatic carbocycles. The zero-order valence-corrected chi connectivity index (χ0v) is 13.9. The maximum Gasteiger partial charge on any atom is 0.573 e. The second-order valence-corrected chi connectivity index (χ2v) is 6.85. The third kappa shape index (κ3) is 3.20. The van der Waals surface area contributed by atoms with E-state index in [9.17, 15) is 27.9 Å². The lowest BCUT2D eigenvalue weighted by molar-refractivity contribution is -0.274. The number of halogens is 4. The molecule has 1 aliphatic carbocycles. The minimum atomic E-state index is -4.93. The van der Waals surface area contributed by atoms with E-state index in [1.165, 1.54) is 0 Å². The third-order valence-electron chi connectivity index (χ3n) is 4.69. The summed E-state index contributed by atoms with van der Waals surface area (Å²) in [6.45, 7) is 0.944. The van der Waals surface area contributed by atoms with Gasteiger partial charge in [0.25, 0.3) is 0 Å². The van der Waals surface area contributed by atoms with Crippen molar-refractivity contribution in [3.8, 4) is 5.75 Å². The Bertz CT molecular complexity index is 748. The van der Waals surface area contributed by atoms with E-state index in [-0.39, 0.29) is 27.9 Å². The first kappa shape index (κ1) is 18.0. The van der Waals surface area contributed by atoms with Gasteiger partial charge in [-0.1, -0.05) is 11.6 Å². The van der Waals surface area contributed by atoms with Crippen molar-refractivity contribution >= 4 is 23.3 Å². The van der Waals surface area contributed by atoms with Crippen LogP contribution in [0.3, 0.4) is 0 Å². The van der Waals surface area contributed by atoms with Crippen LogP contribution in [0, 0.1) is 5.92 Å². The van der Waals surface area contributed by atoms with Crippen LogP contribution in [-0.4, -0.2) is 28.7 Å². The number of Topliss-reactive ketones (excluding diaryl/α,β-unsaturated/α-hetero) is 1. The molecule has 2 fully saturated rings. The van der Waals surface area contributed by atoms with E-state index in [0.29, 0.717) is 0 Å². The van der Waals surface area contributed by atoms with Gasteiger partial charge < -0.3 is 15.2 Å². The molecule has 136 valence electrons. The number of carbonyl (C=O) groups excluding carboxylic acids is 2. The molecule has 2 unspecified atom stereocenters. The summed E-state index contributed by atoms with van der Waals surface area (Å²) < 4.78 is 41.0. The highest BCUT2D eigenvalue weighted by molar-refractivity contribution is 6.33. The summed E-state index contributed by atoms with van der Waals surface area (Å²) in [4.78, 5) is 25.2. The summed E-state index contributed by atoms with van der Waals surface area (Å²) in [6.07, 6.45) is -3.30. The van der Waals surface area contributed by atoms with E-state index in [0.717, 1.165) is 25.0 Å². The number of alkyl halides is 3. The lowest BCUT2D eigenvalue weighted by atomic mass is 9.83. The van der Waals surface area contributed by atoms with Crippen LogP contribution in [0.4, 0.5) is 13.2 Å². The molecule has 0 radical (unpaired) electrons. The van der Waals surface area contributed by atoms with Gasteiger partial charge in [-0.15, -0.1) is 13.2 Å². The van der Waals surface area contributed by atoms with Gasteiger partial charge in [-0.2, -0.15) is 0 Å². The lowest BCUT2D eigenvalue weighted by Crippen LogP contribution is -2.45. The number of hydrogen-bond donors (Lipinski definition) is 2. The first-order valence-corrected chi connectivity index (χ1v) is 8.00. The second-order valence-electron chi connectivity index (χ2n) is 6.45. The molecule has 1 aliphatic heterocycles. The highest BCUT2D eigenvalue weighted by Crippen LogP contribution is 2.47. The van der Waals surface area contributed by atoms with Gasteiger partial charge in [0.1, 0.15) is 11.7 Å². The summed E-state index contributed by atoms with van der Waals surface area (Å²) in [7, 11) is 0. The molecule has 2 N–H and O–H groups in total. The van der Waals surface area contributed by atoms with E-state index in [4.69, 9.17) is 11.6 Å². The summed E-state index contributed by atoms with van der Waals surface area (Å²) in [6, 6.07) is 1.82. The van der Waals surface area contributed by atoms with E-state index in [1.807, 2.05) is 0 Å².